The van der Waals surface area contributed by atoms with Crippen molar-refractivity contribution in [2.24, 2.45) is 11.5 Å². The molecular weight excluding hydrogens is 100 g/mol. The summed E-state index contributed by atoms with van der Waals surface area (Å²) in [5.74, 6) is 0. The summed E-state index contributed by atoms with van der Waals surface area (Å²) in [6, 6.07) is 0.231. The summed E-state index contributed by atoms with van der Waals surface area (Å²) in [6.45, 7) is 2.78. The summed E-state index contributed by atoms with van der Waals surface area (Å²) >= 11 is 0. The van der Waals surface area contributed by atoms with Crippen molar-refractivity contribution in [2.75, 3.05) is 6.54 Å². The van der Waals surface area contributed by atoms with Gasteiger partial charge in [0.15, 0.2) is 0 Å². The summed E-state index contributed by atoms with van der Waals surface area (Å²) in [6.07, 6.45) is 3.50. The predicted octanol–water partition coefficient (Wildman–Crippen LogP) is 0.463. The minimum absolute atomic E-state index is 0.231. The standard InChI is InChI=1S/C6H16N2/c1-2-3-4-6(8)5-7/h6H,2-5,7-8H2,1H3/t6-/m1/s1. The molecule has 50 valence electrons. The molecule has 0 bridgehead atoms. The molecule has 8 heavy (non-hydrogen) atoms. The molecule has 0 aliphatic carbocycles. The van der Waals surface area contributed by atoms with Crippen LogP contribution in [0.15, 0.2) is 0 Å². The Balaban J connectivity index is 2.86. The van der Waals surface area contributed by atoms with Gasteiger partial charge in [-0.15, -0.1) is 0 Å². The number of nitrogens with two attached hydrogens (primary N) is 2. The van der Waals surface area contributed by atoms with E-state index in [2.05, 4.69) is 6.92 Å². The lowest BCUT2D eigenvalue weighted by Crippen LogP contribution is -2.29. The van der Waals surface area contributed by atoms with Crippen molar-refractivity contribution in [3.63, 3.8) is 0 Å². The lowest BCUT2D eigenvalue weighted by atomic mass is 10.1. The van der Waals surface area contributed by atoms with Gasteiger partial charge in [0.05, 0.1) is 0 Å². The third-order valence-corrected chi connectivity index (χ3v) is 1.23. The molecule has 0 fully saturated rings. The van der Waals surface area contributed by atoms with Crippen LogP contribution in [0, 0.1) is 0 Å². The molecule has 0 aromatic heterocycles. The zero-order chi connectivity index (χ0) is 6.41. The topological polar surface area (TPSA) is 52.0 Å². The zero-order valence-electron chi connectivity index (χ0n) is 5.56. The molecule has 0 aromatic carbocycles. The van der Waals surface area contributed by atoms with Gasteiger partial charge in [-0.1, -0.05) is 19.8 Å². The monoisotopic (exact) mass is 116 g/mol. The molecule has 0 rings (SSSR count). The van der Waals surface area contributed by atoms with Crippen LogP contribution in [0.4, 0.5) is 0 Å². The van der Waals surface area contributed by atoms with Crippen LogP contribution in [-0.4, -0.2) is 12.6 Å². The maximum atomic E-state index is 5.53. The zero-order valence-corrected chi connectivity index (χ0v) is 5.56. The SMILES string of the molecule is CCCC[C@@H](N)CN. The van der Waals surface area contributed by atoms with Crippen molar-refractivity contribution in [1.29, 1.82) is 0 Å². The average molecular weight is 116 g/mol. The van der Waals surface area contributed by atoms with Gasteiger partial charge in [0.1, 0.15) is 0 Å². The van der Waals surface area contributed by atoms with Crippen molar-refractivity contribution >= 4 is 0 Å². The fraction of sp³-hybridized carbons (Fsp3) is 1.00. The predicted molar refractivity (Wildman–Crippen MR) is 36.6 cm³/mol. The first-order valence-electron chi connectivity index (χ1n) is 3.27. The smallest absolute Gasteiger partial charge is 0.0163 e. The molecular formula is C6H16N2. The Morgan fingerprint density at radius 1 is 1.50 bits per heavy atom. The highest BCUT2D eigenvalue weighted by Crippen LogP contribution is 1.95. The quantitative estimate of drug-likeness (QED) is 0.560. The minimum Gasteiger partial charge on any atom is -0.329 e. The number of hydrogen-bond acceptors (Lipinski definition) is 2. The van der Waals surface area contributed by atoms with Gasteiger partial charge in [-0.3, -0.25) is 0 Å². The van der Waals surface area contributed by atoms with Crippen LogP contribution in [0.3, 0.4) is 0 Å². The Morgan fingerprint density at radius 2 is 2.12 bits per heavy atom. The Morgan fingerprint density at radius 3 is 2.50 bits per heavy atom. The van der Waals surface area contributed by atoms with Crippen LogP contribution in [0.5, 0.6) is 0 Å². The van der Waals surface area contributed by atoms with Crippen molar-refractivity contribution in [2.45, 2.75) is 32.2 Å². The van der Waals surface area contributed by atoms with Gasteiger partial charge in [-0.25, -0.2) is 0 Å². The van der Waals surface area contributed by atoms with Gasteiger partial charge < -0.3 is 11.5 Å². The first-order valence-corrected chi connectivity index (χ1v) is 3.27. The highest BCUT2D eigenvalue weighted by molar-refractivity contribution is 4.59. The summed E-state index contributed by atoms with van der Waals surface area (Å²) in [7, 11) is 0. The largest absolute Gasteiger partial charge is 0.329 e. The molecule has 0 amide bonds. The highest BCUT2D eigenvalue weighted by atomic mass is 14.7. The minimum atomic E-state index is 0.231. The summed E-state index contributed by atoms with van der Waals surface area (Å²) < 4.78 is 0. The molecule has 0 saturated heterocycles. The van der Waals surface area contributed by atoms with Crippen LogP contribution in [0.25, 0.3) is 0 Å². The van der Waals surface area contributed by atoms with Gasteiger partial charge in [-0.05, 0) is 6.42 Å². The van der Waals surface area contributed by atoms with Crippen LogP contribution in [0.1, 0.15) is 26.2 Å². The maximum absolute atomic E-state index is 5.53. The van der Waals surface area contributed by atoms with Crippen molar-refractivity contribution in [3.8, 4) is 0 Å². The summed E-state index contributed by atoms with van der Waals surface area (Å²) in [5.41, 5.74) is 10.8. The average Bonchev–Trinajstić information content (AvgIpc) is 1.83. The number of unbranched alkanes of at least 4 members (excludes halogenated alkanes) is 1. The fourth-order valence-corrected chi connectivity index (χ4v) is 0.584. The van der Waals surface area contributed by atoms with E-state index in [1.807, 2.05) is 0 Å². The third-order valence-electron chi connectivity index (χ3n) is 1.23. The van der Waals surface area contributed by atoms with Gasteiger partial charge in [0.2, 0.25) is 0 Å². The molecule has 2 nitrogen and oxygen atoms in total. The van der Waals surface area contributed by atoms with Crippen LogP contribution < -0.4 is 11.5 Å². The molecule has 2 heteroatoms. The van der Waals surface area contributed by atoms with Gasteiger partial charge in [0.25, 0.3) is 0 Å². The van der Waals surface area contributed by atoms with E-state index >= 15 is 0 Å². The number of rotatable bonds is 4. The van der Waals surface area contributed by atoms with E-state index in [-0.39, 0.29) is 6.04 Å². The number of hydrogen-bond donors (Lipinski definition) is 2. The Labute approximate surface area is 51.2 Å². The van der Waals surface area contributed by atoms with Crippen LogP contribution >= 0.6 is 0 Å². The lowest BCUT2D eigenvalue weighted by molar-refractivity contribution is 0.584. The molecule has 0 aliphatic heterocycles. The third kappa shape index (κ3) is 4.09. The van der Waals surface area contributed by atoms with Crippen LogP contribution in [-0.2, 0) is 0 Å². The molecule has 0 spiro atoms. The van der Waals surface area contributed by atoms with Crippen molar-refractivity contribution in [1.82, 2.24) is 0 Å². The van der Waals surface area contributed by atoms with E-state index in [1.165, 1.54) is 12.8 Å². The molecule has 0 aromatic rings. The Bertz CT molecular complexity index is 45.8. The van der Waals surface area contributed by atoms with Gasteiger partial charge in [0, 0.05) is 12.6 Å². The van der Waals surface area contributed by atoms with E-state index < -0.39 is 0 Å². The van der Waals surface area contributed by atoms with E-state index in [4.69, 9.17) is 11.5 Å². The van der Waals surface area contributed by atoms with E-state index in [0.717, 1.165) is 6.42 Å². The first kappa shape index (κ1) is 7.92. The highest BCUT2D eigenvalue weighted by Gasteiger charge is 1.95. The second kappa shape index (κ2) is 5.06. The fourth-order valence-electron chi connectivity index (χ4n) is 0.584. The summed E-state index contributed by atoms with van der Waals surface area (Å²) in [5, 5.41) is 0. The molecule has 0 unspecified atom stereocenters. The van der Waals surface area contributed by atoms with Gasteiger partial charge >= 0.3 is 0 Å². The van der Waals surface area contributed by atoms with E-state index in [0.29, 0.717) is 6.54 Å². The molecule has 0 radical (unpaired) electrons. The van der Waals surface area contributed by atoms with Crippen molar-refractivity contribution in [3.05, 3.63) is 0 Å². The first-order chi connectivity index (χ1) is 3.81. The van der Waals surface area contributed by atoms with E-state index in [1.54, 1.807) is 0 Å². The van der Waals surface area contributed by atoms with Crippen LogP contribution in [0.2, 0.25) is 0 Å². The summed E-state index contributed by atoms with van der Waals surface area (Å²) in [4.78, 5) is 0. The molecule has 0 saturated carbocycles. The molecule has 1 atom stereocenters. The Hall–Kier alpha value is -0.0800. The normalized spacial score (nSPS) is 13.9. The lowest BCUT2D eigenvalue weighted by Gasteiger charge is -2.04. The van der Waals surface area contributed by atoms with Crippen molar-refractivity contribution < 1.29 is 0 Å². The molecule has 0 aliphatic rings. The maximum Gasteiger partial charge on any atom is 0.0163 e. The second-order valence-electron chi connectivity index (χ2n) is 2.14. The Kier molecular flexibility index (Phi) is 5.01. The van der Waals surface area contributed by atoms with E-state index in [9.17, 15) is 0 Å². The second-order valence-corrected chi connectivity index (χ2v) is 2.14. The molecule has 0 heterocycles. The van der Waals surface area contributed by atoms with Gasteiger partial charge in [-0.2, -0.15) is 0 Å². The molecule has 4 N–H and O–H groups in total.